The van der Waals surface area contributed by atoms with Gasteiger partial charge in [0.25, 0.3) is 0 Å². The van der Waals surface area contributed by atoms with Gasteiger partial charge < -0.3 is 9.47 Å². The SMILES string of the molecule is CCOC([SiH3])(CC(Cl)C(F)(F)F)OCC. The Balaban J connectivity index is 4.40. The molecule has 0 aliphatic rings. The van der Waals surface area contributed by atoms with Crippen molar-refractivity contribution in [2.45, 2.75) is 37.2 Å². The molecule has 1 unspecified atom stereocenters. The molecule has 0 bridgehead atoms. The maximum Gasteiger partial charge on any atom is 0.405 e. The molecule has 0 spiro atoms. The molecule has 0 radical (unpaired) electrons. The normalized spacial score (nSPS) is 15.6. The monoisotopic (exact) mass is 264 g/mol. The van der Waals surface area contributed by atoms with Gasteiger partial charge in [0.15, 0.2) is 0 Å². The lowest BCUT2D eigenvalue weighted by Gasteiger charge is -2.31. The van der Waals surface area contributed by atoms with Crippen molar-refractivity contribution in [3.8, 4) is 0 Å². The molecule has 92 valence electrons. The molecule has 0 N–H and O–H groups in total. The van der Waals surface area contributed by atoms with Gasteiger partial charge >= 0.3 is 6.18 Å². The predicted octanol–water partition coefficient (Wildman–Crippen LogP) is 1.64. The molecule has 0 aromatic carbocycles. The van der Waals surface area contributed by atoms with E-state index in [9.17, 15) is 13.2 Å². The lowest BCUT2D eigenvalue weighted by Crippen LogP contribution is -2.42. The van der Waals surface area contributed by atoms with E-state index in [0.29, 0.717) is 23.5 Å². The molecule has 0 rings (SSSR count). The zero-order valence-corrected chi connectivity index (χ0v) is 11.8. The minimum atomic E-state index is -4.41. The van der Waals surface area contributed by atoms with Gasteiger partial charge in [-0.15, -0.1) is 11.6 Å². The lowest BCUT2D eigenvalue weighted by molar-refractivity contribution is -0.199. The zero-order valence-electron chi connectivity index (χ0n) is 9.03. The van der Waals surface area contributed by atoms with Crippen molar-refractivity contribution < 1.29 is 22.6 Å². The van der Waals surface area contributed by atoms with Gasteiger partial charge in [-0.25, -0.2) is 0 Å². The standard InChI is InChI=1S/C8H16ClF3O2Si/c1-3-13-7(15,14-4-2)5-6(9)8(10,11)12/h6H,3-5H2,1-2,15H3. The number of rotatable bonds is 6. The highest BCUT2D eigenvalue weighted by Gasteiger charge is 2.43. The van der Waals surface area contributed by atoms with Crippen LogP contribution in [-0.4, -0.2) is 40.4 Å². The summed E-state index contributed by atoms with van der Waals surface area (Å²) in [5.74, 6) is 0. The maximum atomic E-state index is 12.2. The van der Waals surface area contributed by atoms with Crippen molar-refractivity contribution in [2.24, 2.45) is 0 Å². The van der Waals surface area contributed by atoms with Crippen LogP contribution in [-0.2, 0) is 9.47 Å². The number of hydrogen-bond acceptors (Lipinski definition) is 2. The van der Waals surface area contributed by atoms with Crippen LogP contribution >= 0.6 is 11.6 Å². The van der Waals surface area contributed by atoms with Crippen molar-refractivity contribution in [3.63, 3.8) is 0 Å². The Morgan fingerprint density at radius 2 is 1.60 bits per heavy atom. The molecule has 15 heavy (non-hydrogen) atoms. The lowest BCUT2D eigenvalue weighted by atomic mass is 10.3. The molecule has 0 saturated heterocycles. The van der Waals surface area contributed by atoms with Crippen molar-refractivity contribution >= 4 is 21.8 Å². The van der Waals surface area contributed by atoms with E-state index in [0.717, 1.165) is 0 Å². The summed E-state index contributed by atoms with van der Waals surface area (Å²) in [6.45, 7) is 4.04. The number of alkyl halides is 4. The molecule has 0 saturated carbocycles. The molecule has 0 fully saturated rings. The second kappa shape index (κ2) is 6.08. The van der Waals surface area contributed by atoms with E-state index in [1.807, 2.05) is 0 Å². The van der Waals surface area contributed by atoms with Crippen LogP contribution in [0.5, 0.6) is 0 Å². The highest BCUT2D eigenvalue weighted by atomic mass is 35.5. The number of ether oxygens (including phenoxy) is 2. The van der Waals surface area contributed by atoms with Crippen LogP contribution in [0, 0.1) is 0 Å². The summed E-state index contributed by atoms with van der Waals surface area (Å²) >= 11 is 5.25. The Morgan fingerprint density at radius 1 is 1.20 bits per heavy atom. The first-order valence-corrected chi connectivity index (χ1v) is 6.17. The summed E-state index contributed by atoms with van der Waals surface area (Å²) in [4.78, 5) is 0. The molecule has 1 atom stereocenters. The fraction of sp³-hybridized carbons (Fsp3) is 1.00. The molecule has 0 aromatic rings. The van der Waals surface area contributed by atoms with Gasteiger partial charge in [0, 0.05) is 19.6 Å². The predicted molar refractivity (Wildman–Crippen MR) is 56.2 cm³/mol. The summed E-state index contributed by atoms with van der Waals surface area (Å²) in [5, 5.41) is -1.92. The Hall–Kier alpha value is 0.217. The molecule has 7 heteroatoms. The van der Waals surface area contributed by atoms with E-state index >= 15 is 0 Å². The van der Waals surface area contributed by atoms with Gasteiger partial charge in [-0.1, -0.05) is 0 Å². The average molecular weight is 265 g/mol. The summed E-state index contributed by atoms with van der Waals surface area (Å²) in [6, 6.07) is 0. The molecular formula is C8H16ClF3O2Si. The van der Waals surface area contributed by atoms with Crippen molar-refractivity contribution in [2.75, 3.05) is 13.2 Å². The van der Waals surface area contributed by atoms with Crippen LogP contribution in [0.2, 0.25) is 0 Å². The van der Waals surface area contributed by atoms with Crippen LogP contribution in [0.4, 0.5) is 13.2 Å². The van der Waals surface area contributed by atoms with E-state index < -0.39 is 17.0 Å². The Labute approximate surface area is 95.5 Å². The summed E-state index contributed by atoms with van der Waals surface area (Å²) in [5.41, 5.74) is -1.13. The molecule has 0 aliphatic carbocycles. The Morgan fingerprint density at radius 3 is 1.87 bits per heavy atom. The molecule has 0 aromatic heterocycles. The van der Waals surface area contributed by atoms with Crippen LogP contribution in [0.25, 0.3) is 0 Å². The topological polar surface area (TPSA) is 18.5 Å². The molecule has 0 heterocycles. The van der Waals surface area contributed by atoms with Gasteiger partial charge in [-0.2, -0.15) is 13.2 Å². The van der Waals surface area contributed by atoms with Gasteiger partial charge in [-0.3, -0.25) is 0 Å². The van der Waals surface area contributed by atoms with E-state index in [1.165, 1.54) is 0 Å². The molecular weight excluding hydrogens is 249 g/mol. The summed E-state index contributed by atoms with van der Waals surface area (Å²) < 4.78 is 47.1. The number of halogens is 4. The fourth-order valence-corrected chi connectivity index (χ4v) is 2.74. The minimum Gasteiger partial charge on any atom is -0.355 e. The Bertz CT molecular complexity index is 183. The third-order valence-corrected chi connectivity index (χ3v) is 3.19. The van der Waals surface area contributed by atoms with Gasteiger partial charge in [0.2, 0.25) is 0 Å². The Kier molecular flexibility index (Phi) is 6.16. The molecule has 0 amide bonds. The largest absolute Gasteiger partial charge is 0.405 e. The van der Waals surface area contributed by atoms with Crippen molar-refractivity contribution in [1.29, 1.82) is 0 Å². The highest BCUT2D eigenvalue weighted by Crippen LogP contribution is 2.31. The summed E-state index contributed by atoms with van der Waals surface area (Å²) in [7, 11) is 0.340. The third-order valence-electron chi connectivity index (χ3n) is 1.80. The molecule has 2 nitrogen and oxygen atoms in total. The van der Waals surface area contributed by atoms with Gasteiger partial charge in [-0.05, 0) is 13.8 Å². The third kappa shape index (κ3) is 5.75. The van der Waals surface area contributed by atoms with Crippen molar-refractivity contribution in [3.05, 3.63) is 0 Å². The number of hydrogen-bond donors (Lipinski definition) is 0. The fourth-order valence-electron chi connectivity index (χ4n) is 1.21. The second-order valence-corrected chi connectivity index (χ2v) is 5.26. The first-order valence-electron chi connectivity index (χ1n) is 4.74. The van der Waals surface area contributed by atoms with Crippen molar-refractivity contribution in [1.82, 2.24) is 0 Å². The van der Waals surface area contributed by atoms with E-state index in [4.69, 9.17) is 21.1 Å². The van der Waals surface area contributed by atoms with Gasteiger partial charge in [0.05, 0.1) is 10.2 Å². The van der Waals surface area contributed by atoms with E-state index in [1.54, 1.807) is 13.8 Å². The zero-order chi connectivity index (χ0) is 12.1. The smallest absolute Gasteiger partial charge is 0.355 e. The van der Waals surface area contributed by atoms with Gasteiger partial charge in [0.1, 0.15) is 10.8 Å². The van der Waals surface area contributed by atoms with Crippen LogP contribution in [0.3, 0.4) is 0 Å². The van der Waals surface area contributed by atoms with E-state index in [2.05, 4.69) is 0 Å². The van der Waals surface area contributed by atoms with Crippen LogP contribution in [0.1, 0.15) is 20.3 Å². The first-order chi connectivity index (χ1) is 6.75. The first kappa shape index (κ1) is 15.2. The minimum absolute atomic E-state index is 0.310. The highest BCUT2D eigenvalue weighted by molar-refractivity contribution is 6.22. The summed E-state index contributed by atoms with van der Waals surface area (Å²) in [6.07, 6.45) is -4.77. The quantitative estimate of drug-likeness (QED) is 0.413. The molecule has 0 aliphatic heterocycles. The van der Waals surface area contributed by atoms with Crippen LogP contribution < -0.4 is 0 Å². The van der Waals surface area contributed by atoms with Crippen LogP contribution in [0.15, 0.2) is 0 Å². The van der Waals surface area contributed by atoms with E-state index in [-0.39, 0.29) is 6.42 Å². The second-order valence-electron chi connectivity index (χ2n) is 3.21. The average Bonchev–Trinajstić information content (AvgIpc) is 2.02. The maximum absolute atomic E-state index is 12.2.